The Kier molecular flexibility index (Phi) is 3.41. The first-order valence-corrected chi connectivity index (χ1v) is 5.74. The van der Waals surface area contributed by atoms with E-state index in [2.05, 4.69) is 15.2 Å². The van der Waals surface area contributed by atoms with E-state index in [-0.39, 0.29) is 5.41 Å². The first-order chi connectivity index (χ1) is 8.64. The molecule has 0 saturated heterocycles. The van der Waals surface area contributed by atoms with Gasteiger partial charge < -0.3 is 5.21 Å². The van der Waals surface area contributed by atoms with E-state index in [0.717, 1.165) is 5.56 Å². The topological polar surface area (TPSA) is 63.3 Å². The molecule has 1 heterocycles. The van der Waals surface area contributed by atoms with Crippen molar-refractivity contribution in [2.45, 2.75) is 25.8 Å². The van der Waals surface area contributed by atoms with Gasteiger partial charge in [-0.2, -0.15) is 5.10 Å². The van der Waals surface area contributed by atoms with Crippen molar-refractivity contribution >= 4 is 5.71 Å². The lowest BCUT2D eigenvalue weighted by molar-refractivity contribution is 0.311. The molecule has 0 aliphatic carbocycles. The van der Waals surface area contributed by atoms with Gasteiger partial charge in [0.25, 0.3) is 0 Å². The van der Waals surface area contributed by atoms with Crippen molar-refractivity contribution in [3.63, 3.8) is 0 Å². The number of benzene rings is 1. The molecule has 0 unspecified atom stereocenters. The van der Waals surface area contributed by atoms with Crippen LogP contribution in [0.3, 0.4) is 0 Å². The van der Waals surface area contributed by atoms with E-state index < -0.39 is 0 Å². The van der Waals surface area contributed by atoms with Crippen molar-refractivity contribution in [3.05, 3.63) is 48.5 Å². The van der Waals surface area contributed by atoms with Crippen LogP contribution in [-0.4, -0.2) is 25.7 Å². The number of rotatable bonds is 4. The maximum absolute atomic E-state index is 9.25. The van der Waals surface area contributed by atoms with Gasteiger partial charge in [-0.15, -0.1) is 0 Å². The Bertz CT molecular complexity index is 517. The molecule has 0 atom stereocenters. The molecular formula is C13H16N4O. The van der Waals surface area contributed by atoms with Crippen LogP contribution < -0.4 is 0 Å². The highest BCUT2D eigenvalue weighted by atomic mass is 16.4. The van der Waals surface area contributed by atoms with E-state index in [1.165, 1.54) is 6.33 Å². The van der Waals surface area contributed by atoms with Gasteiger partial charge in [-0.3, -0.25) is 0 Å². The summed E-state index contributed by atoms with van der Waals surface area (Å²) >= 11 is 0. The molecule has 0 aliphatic rings. The van der Waals surface area contributed by atoms with Gasteiger partial charge in [0.05, 0.1) is 12.3 Å². The van der Waals surface area contributed by atoms with Gasteiger partial charge in [0.2, 0.25) is 0 Å². The molecule has 0 amide bonds. The molecular weight excluding hydrogens is 228 g/mol. The second-order valence-electron chi connectivity index (χ2n) is 4.63. The van der Waals surface area contributed by atoms with Crippen molar-refractivity contribution in [2.75, 3.05) is 0 Å². The van der Waals surface area contributed by atoms with E-state index in [4.69, 9.17) is 0 Å². The van der Waals surface area contributed by atoms with E-state index in [1.807, 2.05) is 44.2 Å². The minimum atomic E-state index is -0.359. The molecule has 94 valence electrons. The Labute approximate surface area is 106 Å². The van der Waals surface area contributed by atoms with Crippen molar-refractivity contribution in [1.82, 2.24) is 14.8 Å². The van der Waals surface area contributed by atoms with Crippen LogP contribution in [0.2, 0.25) is 0 Å². The fourth-order valence-corrected chi connectivity index (χ4v) is 1.84. The zero-order valence-electron chi connectivity index (χ0n) is 10.5. The van der Waals surface area contributed by atoms with Crippen LogP contribution >= 0.6 is 0 Å². The fourth-order valence-electron chi connectivity index (χ4n) is 1.84. The molecule has 0 spiro atoms. The lowest BCUT2D eigenvalue weighted by atomic mass is 9.80. The molecule has 1 aromatic carbocycles. The van der Waals surface area contributed by atoms with Gasteiger partial charge in [0.15, 0.2) is 0 Å². The van der Waals surface area contributed by atoms with Gasteiger partial charge in [-0.25, -0.2) is 9.67 Å². The zero-order chi connectivity index (χ0) is 13.0. The average molecular weight is 244 g/mol. The maximum Gasteiger partial charge on any atom is 0.137 e. The van der Waals surface area contributed by atoms with Crippen LogP contribution in [0.15, 0.2) is 48.1 Å². The van der Waals surface area contributed by atoms with Gasteiger partial charge in [-0.05, 0) is 5.56 Å². The Hall–Kier alpha value is -2.17. The molecule has 1 N–H and O–H groups in total. The largest absolute Gasteiger partial charge is 0.411 e. The van der Waals surface area contributed by atoms with Crippen molar-refractivity contribution < 1.29 is 5.21 Å². The van der Waals surface area contributed by atoms with Gasteiger partial charge in [0, 0.05) is 5.41 Å². The first kappa shape index (κ1) is 12.3. The molecule has 5 heteroatoms. The number of oxime groups is 1. The third-order valence-corrected chi connectivity index (χ3v) is 3.12. The fraction of sp³-hybridized carbons (Fsp3) is 0.308. The molecule has 2 aromatic rings. The van der Waals surface area contributed by atoms with E-state index in [9.17, 15) is 5.21 Å². The monoisotopic (exact) mass is 244 g/mol. The SMILES string of the molecule is CC(C)(C(Cn1cncn1)=NO)c1ccccc1. The normalized spacial score (nSPS) is 12.7. The molecule has 0 saturated carbocycles. The number of hydrogen-bond donors (Lipinski definition) is 1. The third kappa shape index (κ3) is 2.40. The summed E-state index contributed by atoms with van der Waals surface area (Å²) in [5, 5.41) is 16.7. The first-order valence-electron chi connectivity index (χ1n) is 5.74. The summed E-state index contributed by atoms with van der Waals surface area (Å²) in [4.78, 5) is 3.88. The van der Waals surface area contributed by atoms with E-state index in [1.54, 1.807) is 11.0 Å². The molecule has 18 heavy (non-hydrogen) atoms. The van der Waals surface area contributed by atoms with Crippen LogP contribution in [0, 0.1) is 0 Å². The maximum atomic E-state index is 9.25. The van der Waals surface area contributed by atoms with Crippen LogP contribution in [-0.2, 0) is 12.0 Å². The second kappa shape index (κ2) is 5.00. The summed E-state index contributed by atoms with van der Waals surface area (Å²) in [5.74, 6) is 0. The van der Waals surface area contributed by atoms with E-state index in [0.29, 0.717) is 12.3 Å². The quantitative estimate of drug-likeness (QED) is 0.509. The van der Waals surface area contributed by atoms with Crippen LogP contribution in [0.4, 0.5) is 0 Å². The minimum Gasteiger partial charge on any atom is -0.411 e. The highest BCUT2D eigenvalue weighted by molar-refractivity contribution is 5.93. The lowest BCUT2D eigenvalue weighted by Crippen LogP contribution is -2.32. The van der Waals surface area contributed by atoms with Crippen LogP contribution in [0.25, 0.3) is 0 Å². The zero-order valence-corrected chi connectivity index (χ0v) is 10.5. The third-order valence-electron chi connectivity index (χ3n) is 3.12. The second-order valence-corrected chi connectivity index (χ2v) is 4.63. The predicted octanol–water partition coefficient (Wildman–Crippen LogP) is 2.09. The van der Waals surface area contributed by atoms with Crippen LogP contribution in [0.1, 0.15) is 19.4 Å². The highest BCUT2D eigenvalue weighted by Gasteiger charge is 2.28. The van der Waals surface area contributed by atoms with Crippen LogP contribution in [0.5, 0.6) is 0 Å². The Morgan fingerprint density at radius 3 is 2.61 bits per heavy atom. The number of hydrogen-bond acceptors (Lipinski definition) is 4. The molecule has 2 rings (SSSR count). The minimum absolute atomic E-state index is 0.359. The molecule has 0 radical (unpaired) electrons. The summed E-state index contributed by atoms with van der Waals surface area (Å²) in [6.45, 7) is 4.46. The number of nitrogens with zero attached hydrogens (tertiary/aromatic N) is 4. The van der Waals surface area contributed by atoms with Crippen molar-refractivity contribution in [3.8, 4) is 0 Å². The van der Waals surface area contributed by atoms with E-state index >= 15 is 0 Å². The smallest absolute Gasteiger partial charge is 0.137 e. The number of aromatic nitrogens is 3. The Balaban J connectivity index is 2.27. The molecule has 1 aromatic heterocycles. The van der Waals surface area contributed by atoms with Gasteiger partial charge in [0.1, 0.15) is 12.7 Å². The van der Waals surface area contributed by atoms with Crippen molar-refractivity contribution in [1.29, 1.82) is 0 Å². The predicted molar refractivity (Wildman–Crippen MR) is 68.7 cm³/mol. The van der Waals surface area contributed by atoms with Gasteiger partial charge in [-0.1, -0.05) is 49.3 Å². The molecule has 0 aliphatic heterocycles. The summed E-state index contributed by atoms with van der Waals surface area (Å²) in [6, 6.07) is 9.95. The Morgan fingerprint density at radius 2 is 2.06 bits per heavy atom. The molecule has 0 fully saturated rings. The Morgan fingerprint density at radius 1 is 1.33 bits per heavy atom. The lowest BCUT2D eigenvalue weighted by Gasteiger charge is -2.26. The summed E-state index contributed by atoms with van der Waals surface area (Å²) in [7, 11) is 0. The van der Waals surface area contributed by atoms with Crippen molar-refractivity contribution in [2.24, 2.45) is 5.16 Å². The standard InChI is InChI=1S/C13H16N4O/c1-13(2,11-6-4-3-5-7-11)12(16-18)8-17-10-14-9-15-17/h3-7,9-10,18H,8H2,1-2H3. The highest BCUT2D eigenvalue weighted by Crippen LogP contribution is 2.25. The molecule has 5 nitrogen and oxygen atoms in total. The molecule has 0 bridgehead atoms. The summed E-state index contributed by atoms with van der Waals surface area (Å²) in [6.07, 6.45) is 3.07. The van der Waals surface area contributed by atoms with Gasteiger partial charge >= 0.3 is 0 Å². The average Bonchev–Trinajstić information content (AvgIpc) is 2.89. The summed E-state index contributed by atoms with van der Waals surface area (Å²) in [5.41, 5.74) is 1.37. The summed E-state index contributed by atoms with van der Waals surface area (Å²) < 4.78 is 1.64.